The summed E-state index contributed by atoms with van der Waals surface area (Å²) in [6.45, 7) is 1.33. The standard InChI is InChI=1S/C16H32NP/c1-17(2)13-14-18(15-9-5-3-6-10-15)16-11-7-4-8-12-16/h15-16H,3-14H2,1-2H3. The maximum absolute atomic E-state index is 2.40. The van der Waals surface area contributed by atoms with E-state index in [-0.39, 0.29) is 0 Å². The van der Waals surface area contributed by atoms with E-state index in [1.807, 2.05) is 0 Å². The van der Waals surface area contributed by atoms with Crippen LogP contribution in [0.15, 0.2) is 0 Å². The smallest absolute Gasteiger partial charge is 0.00148 e. The van der Waals surface area contributed by atoms with Crippen LogP contribution < -0.4 is 0 Å². The quantitative estimate of drug-likeness (QED) is 0.654. The van der Waals surface area contributed by atoms with Crippen LogP contribution >= 0.6 is 7.92 Å². The van der Waals surface area contributed by atoms with Gasteiger partial charge < -0.3 is 4.90 Å². The molecule has 2 saturated carbocycles. The van der Waals surface area contributed by atoms with Crippen molar-refractivity contribution < 1.29 is 0 Å². The molecule has 0 amide bonds. The molecule has 2 aliphatic rings. The average Bonchev–Trinajstić information content (AvgIpc) is 2.41. The van der Waals surface area contributed by atoms with Crippen LogP contribution in [-0.2, 0) is 0 Å². The van der Waals surface area contributed by atoms with E-state index >= 15 is 0 Å². The Hall–Kier alpha value is 0.390. The van der Waals surface area contributed by atoms with E-state index in [1.165, 1.54) is 51.2 Å². The Balaban J connectivity index is 1.91. The van der Waals surface area contributed by atoms with E-state index in [9.17, 15) is 0 Å². The Morgan fingerprint density at radius 1 is 0.778 bits per heavy atom. The first-order valence-electron chi connectivity index (χ1n) is 8.18. The molecule has 0 unspecified atom stereocenters. The number of hydrogen-bond donors (Lipinski definition) is 0. The molecule has 1 nitrogen and oxygen atoms in total. The van der Waals surface area contributed by atoms with Crippen molar-refractivity contribution in [1.29, 1.82) is 0 Å². The topological polar surface area (TPSA) is 3.24 Å². The van der Waals surface area contributed by atoms with E-state index in [0.717, 1.165) is 11.3 Å². The van der Waals surface area contributed by atoms with Gasteiger partial charge in [0.2, 0.25) is 0 Å². The largest absolute Gasteiger partial charge is 0.309 e. The normalized spacial score (nSPS) is 24.0. The third kappa shape index (κ3) is 4.49. The summed E-state index contributed by atoms with van der Waals surface area (Å²) in [4.78, 5) is 2.40. The molecule has 0 heterocycles. The molecule has 0 radical (unpaired) electrons. The van der Waals surface area contributed by atoms with Gasteiger partial charge in [0.15, 0.2) is 0 Å². The van der Waals surface area contributed by atoms with Crippen molar-refractivity contribution in [3.05, 3.63) is 0 Å². The summed E-state index contributed by atoms with van der Waals surface area (Å²) >= 11 is 0. The zero-order chi connectivity index (χ0) is 12.8. The fourth-order valence-corrected chi connectivity index (χ4v) is 7.82. The first kappa shape index (κ1) is 14.8. The maximum Gasteiger partial charge on any atom is 0.00148 e. The van der Waals surface area contributed by atoms with Crippen molar-refractivity contribution in [2.45, 2.75) is 75.5 Å². The van der Waals surface area contributed by atoms with E-state index in [4.69, 9.17) is 0 Å². The lowest BCUT2D eigenvalue weighted by molar-refractivity contribution is 0.431. The van der Waals surface area contributed by atoms with Crippen molar-refractivity contribution >= 4 is 7.92 Å². The van der Waals surface area contributed by atoms with Gasteiger partial charge in [-0.3, -0.25) is 0 Å². The molecule has 18 heavy (non-hydrogen) atoms. The Morgan fingerprint density at radius 2 is 1.22 bits per heavy atom. The van der Waals surface area contributed by atoms with Crippen molar-refractivity contribution in [1.82, 2.24) is 4.90 Å². The summed E-state index contributed by atoms with van der Waals surface area (Å²) in [5, 5.41) is 0. The summed E-state index contributed by atoms with van der Waals surface area (Å²) in [6.07, 6.45) is 16.9. The number of nitrogens with zero attached hydrogens (tertiary/aromatic N) is 1. The van der Waals surface area contributed by atoms with Crippen LogP contribution in [-0.4, -0.2) is 43.0 Å². The van der Waals surface area contributed by atoms with Gasteiger partial charge in [0.05, 0.1) is 0 Å². The van der Waals surface area contributed by atoms with Crippen LogP contribution in [0.4, 0.5) is 0 Å². The highest BCUT2D eigenvalue weighted by Crippen LogP contribution is 2.55. The molecular formula is C16H32NP. The molecule has 0 aromatic heterocycles. The zero-order valence-electron chi connectivity index (χ0n) is 12.5. The van der Waals surface area contributed by atoms with Crippen molar-refractivity contribution in [3.8, 4) is 0 Å². The van der Waals surface area contributed by atoms with Gasteiger partial charge in [-0.1, -0.05) is 46.4 Å². The molecule has 0 N–H and O–H groups in total. The lowest BCUT2D eigenvalue weighted by atomic mass is 9.99. The SMILES string of the molecule is CN(C)CCP(C1CCCCC1)C1CCCCC1. The Bertz CT molecular complexity index is 199. The predicted octanol–water partition coefficient (Wildman–Crippen LogP) is 4.70. The molecule has 0 spiro atoms. The molecule has 106 valence electrons. The Labute approximate surface area is 115 Å². The summed E-state index contributed by atoms with van der Waals surface area (Å²) in [7, 11) is 4.82. The molecule has 2 rings (SSSR count). The summed E-state index contributed by atoms with van der Waals surface area (Å²) < 4.78 is 0. The maximum atomic E-state index is 2.40. The Kier molecular flexibility index (Phi) is 6.45. The minimum absolute atomic E-state index is 0.329. The molecule has 2 aliphatic carbocycles. The van der Waals surface area contributed by atoms with Crippen molar-refractivity contribution in [2.75, 3.05) is 26.8 Å². The molecule has 2 heteroatoms. The second-order valence-electron chi connectivity index (χ2n) is 6.62. The molecule has 0 aliphatic heterocycles. The van der Waals surface area contributed by atoms with Crippen LogP contribution in [0, 0.1) is 0 Å². The van der Waals surface area contributed by atoms with Crippen LogP contribution in [0.2, 0.25) is 0 Å². The van der Waals surface area contributed by atoms with Crippen molar-refractivity contribution in [2.24, 2.45) is 0 Å². The second kappa shape index (κ2) is 7.85. The zero-order valence-corrected chi connectivity index (χ0v) is 13.4. The highest BCUT2D eigenvalue weighted by molar-refractivity contribution is 7.59. The highest BCUT2D eigenvalue weighted by atomic mass is 31.1. The first-order valence-corrected chi connectivity index (χ1v) is 9.84. The van der Waals surface area contributed by atoms with Gasteiger partial charge in [-0.15, -0.1) is 0 Å². The Morgan fingerprint density at radius 3 is 1.61 bits per heavy atom. The third-order valence-corrected chi connectivity index (χ3v) is 8.52. The van der Waals surface area contributed by atoms with Crippen LogP contribution in [0.1, 0.15) is 64.2 Å². The van der Waals surface area contributed by atoms with Crippen LogP contribution in [0.25, 0.3) is 0 Å². The average molecular weight is 269 g/mol. The van der Waals surface area contributed by atoms with Crippen LogP contribution in [0.3, 0.4) is 0 Å². The van der Waals surface area contributed by atoms with E-state index < -0.39 is 0 Å². The minimum atomic E-state index is 0.329. The summed E-state index contributed by atoms with van der Waals surface area (Å²) in [6, 6.07) is 0. The molecule has 0 aromatic rings. The lowest BCUT2D eigenvalue weighted by Crippen LogP contribution is -2.26. The molecule has 0 bridgehead atoms. The van der Waals surface area contributed by atoms with Gasteiger partial charge in [0.1, 0.15) is 0 Å². The van der Waals surface area contributed by atoms with Crippen LogP contribution in [0.5, 0.6) is 0 Å². The number of rotatable bonds is 5. The van der Waals surface area contributed by atoms with E-state index in [1.54, 1.807) is 25.7 Å². The summed E-state index contributed by atoms with van der Waals surface area (Å²) in [5.74, 6) is 0. The summed E-state index contributed by atoms with van der Waals surface area (Å²) in [5.41, 5.74) is 2.27. The molecule has 2 fully saturated rings. The predicted molar refractivity (Wildman–Crippen MR) is 84.1 cm³/mol. The fraction of sp³-hybridized carbons (Fsp3) is 1.00. The van der Waals surface area contributed by atoms with Crippen molar-refractivity contribution in [3.63, 3.8) is 0 Å². The molecule has 0 atom stereocenters. The highest BCUT2D eigenvalue weighted by Gasteiger charge is 2.30. The van der Waals surface area contributed by atoms with Gasteiger partial charge in [-0.2, -0.15) is 0 Å². The second-order valence-corrected chi connectivity index (χ2v) is 9.56. The van der Waals surface area contributed by atoms with Gasteiger partial charge in [-0.05, 0) is 57.3 Å². The minimum Gasteiger partial charge on any atom is -0.309 e. The molecule has 0 saturated heterocycles. The number of hydrogen-bond acceptors (Lipinski definition) is 1. The first-order chi connectivity index (χ1) is 8.77. The lowest BCUT2D eigenvalue weighted by Gasteiger charge is -2.39. The van der Waals surface area contributed by atoms with Gasteiger partial charge in [-0.25, -0.2) is 0 Å². The third-order valence-electron chi connectivity index (χ3n) is 4.89. The molecule has 0 aromatic carbocycles. The molecular weight excluding hydrogens is 237 g/mol. The monoisotopic (exact) mass is 269 g/mol. The van der Waals surface area contributed by atoms with Gasteiger partial charge in [0.25, 0.3) is 0 Å². The van der Waals surface area contributed by atoms with Gasteiger partial charge >= 0.3 is 0 Å². The fourth-order valence-electron chi connectivity index (χ4n) is 3.80. The van der Waals surface area contributed by atoms with Gasteiger partial charge in [0, 0.05) is 6.54 Å². The van der Waals surface area contributed by atoms with E-state index in [2.05, 4.69) is 19.0 Å². The van der Waals surface area contributed by atoms with E-state index in [0.29, 0.717) is 7.92 Å².